The van der Waals surface area contributed by atoms with Crippen LogP contribution in [-0.2, 0) is 0 Å². The van der Waals surface area contributed by atoms with Crippen LogP contribution < -0.4 is 10.6 Å². The summed E-state index contributed by atoms with van der Waals surface area (Å²) in [6.45, 7) is 5.01. The Labute approximate surface area is 125 Å². The van der Waals surface area contributed by atoms with Crippen molar-refractivity contribution in [2.45, 2.75) is 26.7 Å². The van der Waals surface area contributed by atoms with Crippen LogP contribution in [0.3, 0.4) is 0 Å². The molecule has 2 N–H and O–H groups in total. The summed E-state index contributed by atoms with van der Waals surface area (Å²) in [7, 11) is 0. The van der Waals surface area contributed by atoms with E-state index >= 15 is 0 Å². The summed E-state index contributed by atoms with van der Waals surface area (Å²) >= 11 is 0. The van der Waals surface area contributed by atoms with E-state index in [1.54, 1.807) is 6.20 Å². The van der Waals surface area contributed by atoms with Crippen molar-refractivity contribution < 1.29 is 4.79 Å². The molecule has 0 aliphatic heterocycles. The molecule has 0 unspecified atom stereocenters. The molecule has 0 fully saturated rings. The van der Waals surface area contributed by atoms with E-state index in [9.17, 15) is 4.79 Å². The third kappa shape index (κ3) is 4.31. The number of carbonyl (C=O) groups excluding carboxylic acids is 1. The number of benzene rings is 1. The Kier molecular flexibility index (Phi) is 5.32. The minimum Gasteiger partial charge on any atom is -0.384 e. The maximum absolute atomic E-state index is 12.2. The first-order valence-corrected chi connectivity index (χ1v) is 7.27. The smallest absolute Gasteiger partial charge is 0.257 e. The lowest BCUT2D eigenvalue weighted by atomic mass is 10.1. The van der Waals surface area contributed by atoms with E-state index in [1.165, 1.54) is 0 Å². The number of aryl methyl sites for hydroxylation is 1. The van der Waals surface area contributed by atoms with Crippen LogP contribution in [0.5, 0.6) is 0 Å². The van der Waals surface area contributed by atoms with Crippen molar-refractivity contribution >= 4 is 17.4 Å². The van der Waals surface area contributed by atoms with Crippen LogP contribution in [0, 0.1) is 6.92 Å². The fourth-order valence-corrected chi connectivity index (χ4v) is 1.99. The van der Waals surface area contributed by atoms with Gasteiger partial charge in [0.15, 0.2) is 0 Å². The molecule has 110 valence electrons. The third-order valence-electron chi connectivity index (χ3n) is 3.25. The number of unbranched alkanes of at least 4 members (excludes halogenated alkanes) is 1. The van der Waals surface area contributed by atoms with Gasteiger partial charge in [0, 0.05) is 12.1 Å². The SMILES string of the molecule is CCCCNc1ccc(NC(=O)c2ccccc2C)nc1. The highest BCUT2D eigenvalue weighted by Gasteiger charge is 2.08. The van der Waals surface area contributed by atoms with Crippen molar-refractivity contribution in [2.24, 2.45) is 0 Å². The molecule has 0 aliphatic rings. The van der Waals surface area contributed by atoms with Crippen molar-refractivity contribution in [2.75, 3.05) is 17.2 Å². The molecule has 0 saturated carbocycles. The average molecular weight is 283 g/mol. The summed E-state index contributed by atoms with van der Waals surface area (Å²) in [4.78, 5) is 16.4. The molecule has 0 radical (unpaired) electrons. The molecular weight excluding hydrogens is 262 g/mol. The van der Waals surface area contributed by atoms with Crippen molar-refractivity contribution in [3.05, 3.63) is 53.7 Å². The van der Waals surface area contributed by atoms with E-state index in [-0.39, 0.29) is 5.91 Å². The topological polar surface area (TPSA) is 54.0 Å². The monoisotopic (exact) mass is 283 g/mol. The quantitative estimate of drug-likeness (QED) is 0.792. The minimum absolute atomic E-state index is 0.132. The molecule has 2 aromatic rings. The third-order valence-corrected chi connectivity index (χ3v) is 3.25. The standard InChI is InChI=1S/C17H21N3O/c1-3-4-11-18-14-9-10-16(19-12-14)20-17(21)15-8-6-5-7-13(15)2/h5-10,12,18H,3-4,11H2,1-2H3,(H,19,20,21). The largest absolute Gasteiger partial charge is 0.384 e. The first kappa shape index (κ1) is 15.0. The molecular formula is C17H21N3O. The molecule has 2 rings (SSSR count). The number of anilines is 2. The number of amides is 1. The number of carbonyl (C=O) groups is 1. The number of nitrogens with one attached hydrogen (secondary N) is 2. The first-order chi connectivity index (χ1) is 10.2. The lowest BCUT2D eigenvalue weighted by Gasteiger charge is -2.08. The molecule has 0 bridgehead atoms. The molecule has 1 aromatic heterocycles. The zero-order valence-electron chi connectivity index (χ0n) is 12.5. The summed E-state index contributed by atoms with van der Waals surface area (Å²) in [5.41, 5.74) is 2.59. The normalized spacial score (nSPS) is 10.2. The lowest BCUT2D eigenvalue weighted by molar-refractivity contribution is 0.102. The van der Waals surface area contributed by atoms with E-state index in [2.05, 4.69) is 22.5 Å². The highest BCUT2D eigenvalue weighted by molar-refractivity contribution is 6.04. The van der Waals surface area contributed by atoms with E-state index < -0.39 is 0 Å². The van der Waals surface area contributed by atoms with Crippen LogP contribution in [0.1, 0.15) is 35.7 Å². The summed E-state index contributed by atoms with van der Waals surface area (Å²) in [6.07, 6.45) is 4.03. The van der Waals surface area contributed by atoms with Crippen LogP contribution in [0.25, 0.3) is 0 Å². The summed E-state index contributed by atoms with van der Waals surface area (Å²) < 4.78 is 0. The Balaban J connectivity index is 1.97. The highest BCUT2D eigenvalue weighted by atomic mass is 16.1. The second-order valence-electron chi connectivity index (χ2n) is 4.98. The molecule has 21 heavy (non-hydrogen) atoms. The molecule has 1 aromatic carbocycles. The molecule has 4 nitrogen and oxygen atoms in total. The maximum Gasteiger partial charge on any atom is 0.257 e. The van der Waals surface area contributed by atoms with Crippen LogP contribution >= 0.6 is 0 Å². The number of aromatic nitrogens is 1. The van der Waals surface area contributed by atoms with Gasteiger partial charge >= 0.3 is 0 Å². The predicted molar refractivity (Wildman–Crippen MR) is 86.8 cm³/mol. The van der Waals surface area contributed by atoms with Crippen LogP contribution in [0.15, 0.2) is 42.6 Å². The van der Waals surface area contributed by atoms with Gasteiger partial charge in [0.05, 0.1) is 11.9 Å². The molecule has 0 spiro atoms. The molecule has 4 heteroatoms. The van der Waals surface area contributed by atoms with Gasteiger partial charge in [-0.2, -0.15) is 0 Å². The summed E-state index contributed by atoms with van der Waals surface area (Å²) in [5.74, 6) is 0.427. The Bertz CT molecular complexity index is 593. The Morgan fingerprint density at radius 3 is 2.67 bits per heavy atom. The Hall–Kier alpha value is -2.36. The van der Waals surface area contributed by atoms with Crippen LogP contribution in [0.4, 0.5) is 11.5 Å². The fourth-order valence-electron chi connectivity index (χ4n) is 1.99. The van der Waals surface area contributed by atoms with Gasteiger partial charge in [0.25, 0.3) is 5.91 Å². The maximum atomic E-state index is 12.2. The van der Waals surface area contributed by atoms with Crippen LogP contribution in [-0.4, -0.2) is 17.4 Å². The second kappa shape index (κ2) is 7.43. The van der Waals surface area contributed by atoms with Gasteiger partial charge in [-0.3, -0.25) is 4.79 Å². The van der Waals surface area contributed by atoms with E-state index in [1.807, 2.05) is 43.3 Å². The van der Waals surface area contributed by atoms with Gasteiger partial charge in [0.2, 0.25) is 0 Å². The molecule has 1 heterocycles. The minimum atomic E-state index is -0.132. The van der Waals surface area contributed by atoms with Crippen molar-refractivity contribution in [1.29, 1.82) is 0 Å². The van der Waals surface area contributed by atoms with Crippen molar-refractivity contribution in [1.82, 2.24) is 4.98 Å². The number of pyridine rings is 1. The average Bonchev–Trinajstić information content (AvgIpc) is 2.49. The van der Waals surface area contributed by atoms with E-state index in [0.717, 1.165) is 30.6 Å². The van der Waals surface area contributed by atoms with E-state index in [4.69, 9.17) is 0 Å². The van der Waals surface area contributed by atoms with Crippen LogP contribution in [0.2, 0.25) is 0 Å². The number of hydrogen-bond donors (Lipinski definition) is 2. The van der Waals surface area contributed by atoms with E-state index in [0.29, 0.717) is 11.4 Å². The zero-order valence-corrected chi connectivity index (χ0v) is 12.5. The van der Waals surface area contributed by atoms with Gasteiger partial charge in [-0.25, -0.2) is 4.98 Å². The van der Waals surface area contributed by atoms with Gasteiger partial charge < -0.3 is 10.6 Å². The van der Waals surface area contributed by atoms with Gasteiger partial charge in [-0.15, -0.1) is 0 Å². The fraction of sp³-hybridized carbons (Fsp3) is 0.294. The zero-order chi connectivity index (χ0) is 15.1. The predicted octanol–water partition coefficient (Wildman–Crippen LogP) is 3.85. The molecule has 0 aliphatic carbocycles. The Morgan fingerprint density at radius 1 is 1.19 bits per heavy atom. The summed E-state index contributed by atoms with van der Waals surface area (Å²) in [5, 5.41) is 6.11. The number of nitrogens with zero attached hydrogens (tertiary/aromatic N) is 1. The van der Waals surface area contributed by atoms with Crippen molar-refractivity contribution in [3.63, 3.8) is 0 Å². The summed E-state index contributed by atoms with van der Waals surface area (Å²) in [6, 6.07) is 11.2. The molecule has 1 amide bonds. The number of rotatable bonds is 6. The molecule has 0 saturated heterocycles. The first-order valence-electron chi connectivity index (χ1n) is 7.27. The molecule has 0 atom stereocenters. The highest BCUT2D eigenvalue weighted by Crippen LogP contribution is 2.13. The van der Waals surface area contributed by atoms with Crippen molar-refractivity contribution in [3.8, 4) is 0 Å². The van der Waals surface area contributed by atoms with Gasteiger partial charge in [-0.05, 0) is 37.1 Å². The van der Waals surface area contributed by atoms with Gasteiger partial charge in [-0.1, -0.05) is 31.5 Å². The second-order valence-corrected chi connectivity index (χ2v) is 4.98. The lowest BCUT2D eigenvalue weighted by Crippen LogP contribution is -2.14. The number of hydrogen-bond acceptors (Lipinski definition) is 3. The van der Waals surface area contributed by atoms with Gasteiger partial charge in [0.1, 0.15) is 5.82 Å². The Morgan fingerprint density at radius 2 is 2.00 bits per heavy atom.